The van der Waals surface area contributed by atoms with Crippen LogP contribution >= 0.6 is 0 Å². The number of hydrogen-bond acceptors (Lipinski definition) is 3. The van der Waals surface area contributed by atoms with E-state index in [-0.39, 0.29) is 12.4 Å². The number of aliphatic hydroxyl groups excluding tert-OH is 1. The Bertz CT molecular complexity index is 827. The number of rotatable bonds is 10. The molecule has 2 aromatic carbocycles. The van der Waals surface area contributed by atoms with Crippen LogP contribution < -0.4 is 0 Å². The summed E-state index contributed by atoms with van der Waals surface area (Å²) in [4.78, 5) is 11.5. The highest BCUT2D eigenvalue weighted by Crippen LogP contribution is 2.27. The Hall–Kier alpha value is -2.46. The van der Waals surface area contributed by atoms with Gasteiger partial charge >= 0.3 is 5.97 Å². The second-order valence-corrected chi connectivity index (χ2v) is 7.04. The fraction of sp³-hybridized carbons (Fsp3) is 0.375. The molecule has 4 heteroatoms. The van der Waals surface area contributed by atoms with Crippen LogP contribution in [0.3, 0.4) is 0 Å². The van der Waals surface area contributed by atoms with Crippen molar-refractivity contribution in [2.75, 3.05) is 13.2 Å². The van der Waals surface area contributed by atoms with E-state index in [4.69, 9.17) is 4.74 Å². The van der Waals surface area contributed by atoms with E-state index in [1.54, 1.807) is 13.0 Å². The fourth-order valence-corrected chi connectivity index (χ4v) is 3.18. The summed E-state index contributed by atoms with van der Waals surface area (Å²) in [7, 11) is 0. The summed E-state index contributed by atoms with van der Waals surface area (Å²) in [5.41, 5.74) is 4.84. The topological polar surface area (TPSA) is 46.5 Å². The Kier molecular flexibility index (Phi) is 8.40. The summed E-state index contributed by atoms with van der Waals surface area (Å²) in [6, 6.07) is 11.2. The van der Waals surface area contributed by atoms with Crippen molar-refractivity contribution in [2.45, 2.75) is 46.0 Å². The Morgan fingerprint density at radius 3 is 2.54 bits per heavy atom. The van der Waals surface area contributed by atoms with E-state index >= 15 is 0 Å². The molecule has 0 spiro atoms. The molecular weight excluding hydrogens is 355 g/mol. The van der Waals surface area contributed by atoms with Crippen LogP contribution in [0.25, 0.3) is 11.1 Å². The number of aryl methyl sites for hydroxylation is 2. The third-order valence-corrected chi connectivity index (χ3v) is 4.64. The normalized spacial score (nSPS) is 10.7. The number of esters is 1. The highest BCUT2D eigenvalue weighted by molar-refractivity contribution is 5.86. The van der Waals surface area contributed by atoms with Crippen molar-refractivity contribution in [3.63, 3.8) is 0 Å². The molecule has 0 saturated carbocycles. The third-order valence-electron chi connectivity index (χ3n) is 4.64. The van der Waals surface area contributed by atoms with Gasteiger partial charge in [-0.25, -0.2) is 9.18 Å². The molecule has 0 aliphatic rings. The lowest BCUT2D eigenvalue weighted by Gasteiger charge is -2.13. The van der Waals surface area contributed by atoms with Crippen molar-refractivity contribution >= 4 is 5.97 Å². The number of halogens is 1. The van der Waals surface area contributed by atoms with E-state index in [0.29, 0.717) is 37.0 Å². The van der Waals surface area contributed by atoms with Gasteiger partial charge in [-0.3, -0.25) is 0 Å². The molecule has 0 unspecified atom stereocenters. The Balaban J connectivity index is 2.18. The minimum absolute atomic E-state index is 0.0526. The molecule has 0 atom stereocenters. The van der Waals surface area contributed by atoms with Gasteiger partial charge < -0.3 is 9.84 Å². The monoisotopic (exact) mass is 384 g/mol. The molecule has 28 heavy (non-hydrogen) atoms. The molecule has 0 fully saturated rings. The van der Waals surface area contributed by atoms with Crippen LogP contribution in [0.4, 0.5) is 4.39 Å². The molecule has 0 radical (unpaired) electrons. The largest absolute Gasteiger partial charge is 0.462 e. The molecule has 2 rings (SSSR count). The first-order valence-corrected chi connectivity index (χ1v) is 9.80. The summed E-state index contributed by atoms with van der Waals surface area (Å²) in [6.45, 7) is 7.61. The zero-order chi connectivity index (χ0) is 20.5. The van der Waals surface area contributed by atoms with Gasteiger partial charge in [0.1, 0.15) is 5.82 Å². The first-order chi connectivity index (χ1) is 13.5. The zero-order valence-electron chi connectivity index (χ0n) is 16.8. The standard InChI is InChI=1S/C24H29FO3/c1-4-6-18-8-11-22(23(25)15-18)21-10-9-19(12-13-26)20(16-21)7-5-14-28-24(27)17(2)3/h8-11,15-16,26H,2,4-7,12-14H2,1,3H3. The first-order valence-electron chi connectivity index (χ1n) is 9.80. The van der Waals surface area contributed by atoms with Crippen LogP contribution in [0.1, 0.15) is 43.4 Å². The number of aliphatic hydroxyl groups is 1. The number of benzene rings is 2. The summed E-state index contributed by atoms with van der Waals surface area (Å²) < 4.78 is 19.8. The van der Waals surface area contributed by atoms with Crippen molar-refractivity contribution in [1.29, 1.82) is 0 Å². The molecule has 2 aromatic rings. The van der Waals surface area contributed by atoms with E-state index in [1.807, 2.05) is 30.3 Å². The molecule has 0 saturated heterocycles. The maximum atomic E-state index is 14.6. The van der Waals surface area contributed by atoms with Crippen LogP contribution in [-0.4, -0.2) is 24.3 Å². The molecule has 0 amide bonds. The van der Waals surface area contributed by atoms with Gasteiger partial charge in [0.2, 0.25) is 0 Å². The van der Waals surface area contributed by atoms with Crippen molar-refractivity contribution in [3.05, 3.63) is 71.1 Å². The van der Waals surface area contributed by atoms with Gasteiger partial charge in [-0.2, -0.15) is 0 Å². The molecular formula is C24H29FO3. The number of ether oxygens (including phenoxy) is 1. The van der Waals surface area contributed by atoms with Gasteiger partial charge in [-0.1, -0.05) is 50.3 Å². The van der Waals surface area contributed by atoms with Gasteiger partial charge in [0.15, 0.2) is 0 Å². The smallest absolute Gasteiger partial charge is 0.333 e. The predicted octanol–water partition coefficient (Wildman–Crippen LogP) is 5.03. The highest BCUT2D eigenvalue weighted by atomic mass is 19.1. The maximum Gasteiger partial charge on any atom is 0.333 e. The van der Waals surface area contributed by atoms with Crippen LogP contribution in [-0.2, 0) is 28.8 Å². The molecule has 0 aromatic heterocycles. The lowest BCUT2D eigenvalue weighted by molar-refractivity contribution is -0.139. The Morgan fingerprint density at radius 2 is 1.89 bits per heavy atom. The predicted molar refractivity (Wildman–Crippen MR) is 111 cm³/mol. The van der Waals surface area contributed by atoms with Crippen LogP contribution in [0.5, 0.6) is 0 Å². The summed E-state index contributed by atoms with van der Waals surface area (Å²) in [5, 5.41) is 9.32. The van der Waals surface area contributed by atoms with E-state index < -0.39 is 5.97 Å². The zero-order valence-corrected chi connectivity index (χ0v) is 16.8. The van der Waals surface area contributed by atoms with Crippen LogP contribution in [0.2, 0.25) is 0 Å². The van der Waals surface area contributed by atoms with Gasteiger partial charge in [0.05, 0.1) is 6.61 Å². The van der Waals surface area contributed by atoms with Gasteiger partial charge in [0.25, 0.3) is 0 Å². The average molecular weight is 384 g/mol. The lowest BCUT2D eigenvalue weighted by atomic mass is 9.94. The number of carbonyl (C=O) groups is 1. The van der Waals surface area contributed by atoms with Gasteiger partial charge in [-0.05, 0) is 60.9 Å². The van der Waals surface area contributed by atoms with E-state index in [9.17, 15) is 14.3 Å². The molecule has 0 heterocycles. The molecule has 1 N–H and O–H groups in total. The quantitative estimate of drug-likeness (QED) is 0.355. The van der Waals surface area contributed by atoms with E-state index in [0.717, 1.165) is 35.1 Å². The summed E-state index contributed by atoms with van der Waals surface area (Å²) in [6.07, 6.45) is 3.72. The average Bonchev–Trinajstić information content (AvgIpc) is 2.66. The van der Waals surface area contributed by atoms with E-state index in [1.165, 1.54) is 0 Å². The van der Waals surface area contributed by atoms with Gasteiger partial charge in [0, 0.05) is 17.7 Å². The molecule has 3 nitrogen and oxygen atoms in total. The molecule has 0 aliphatic heterocycles. The second-order valence-electron chi connectivity index (χ2n) is 7.04. The Labute approximate surface area is 166 Å². The van der Waals surface area contributed by atoms with Crippen molar-refractivity contribution in [2.24, 2.45) is 0 Å². The minimum Gasteiger partial charge on any atom is -0.462 e. The second kappa shape index (κ2) is 10.8. The fourth-order valence-electron chi connectivity index (χ4n) is 3.18. The first kappa shape index (κ1) is 21.8. The molecule has 0 bridgehead atoms. The van der Waals surface area contributed by atoms with E-state index in [2.05, 4.69) is 13.5 Å². The summed E-state index contributed by atoms with van der Waals surface area (Å²) >= 11 is 0. The van der Waals surface area contributed by atoms with Crippen LogP contribution in [0.15, 0.2) is 48.6 Å². The van der Waals surface area contributed by atoms with Crippen molar-refractivity contribution in [1.82, 2.24) is 0 Å². The SMILES string of the molecule is C=C(C)C(=O)OCCCc1cc(-c2ccc(CCC)cc2F)ccc1CCO. The maximum absolute atomic E-state index is 14.6. The third kappa shape index (κ3) is 6.03. The molecule has 150 valence electrons. The minimum atomic E-state index is -0.390. The lowest BCUT2D eigenvalue weighted by Crippen LogP contribution is -2.07. The van der Waals surface area contributed by atoms with Crippen LogP contribution in [0, 0.1) is 5.82 Å². The number of carbonyl (C=O) groups excluding carboxylic acids is 1. The summed E-state index contributed by atoms with van der Waals surface area (Å²) in [5.74, 6) is -0.610. The number of hydrogen-bond donors (Lipinski definition) is 1. The molecule has 0 aliphatic carbocycles. The van der Waals surface area contributed by atoms with Gasteiger partial charge in [-0.15, -0.1) is 0 Å². The van der Waals surface area contributed by atoms with Crippen molar-refractivity contribution in [3.8, 4) is 11.1 Å². The van der Waals surface area contributed by atoms with Crippen molar-refractivity contribution < 1.29 is 19.0 Å². The Morgan fingerprint density at radius 1 is 1.11 bits per heavy atom. The highest BCUT2D eigenvalue weighted by Gasteiger charge is 2.10.